The summed E-state index contributed by atoms with van der Waals surface area (Å²) in [6.07, 6.45) is 2.68. The molecule has 0 aromatic heterocycles. The zero-order valence-electron chi connectivity index (χ0n) is 6.09. The van der Waals surface area contributed by atoms with Crippen molar-refractivity contribution in [3.05, 3.63) is 24.5 Å². The number of ether oxygens (including phenoxy) is 2. The highest BCUT2D eigenvalue weighted by atomic mass is 16.5. The van der Waals surface area contributed by atoms with E-state index in [1.807, 2.05) is 0 Å². The van der Waals surface area contributed by atoms with Crippen LogP contribution in [-0.4, -0.2) is 20.2 Å². The number of allylic oxidation sites excluding steroid dienone is 1. The lowest BCUT2D eigenvalue weighted by Crippen LogP contribution is -1.93. The molecule has 0 atom stereocenters. The molecule has 0 unspecified atom stereocenters. The second-order valence-electron chi connectivity index (χ2n) is 1.53. The van der Waals surface area contributed by atoms with Gasteiger partial charge in [0.2, 0.25) is 0 Å². The first-order chi connectivity index (χ1) is 4.70. The van der Waals surface area contributed by atoms with Crippen LogP contribution >= 0.6 is 0 Å². The minimum Gasteiger partial charge on any atom is -0.497 e. The minimum absolute atomic E-state index is 0.418. The van der Waals surface area contributed by atoms with Crippen LogP contribution in [0.5, 0.6) is 0 Å². The predicted molar refractivity (Wildman–Crippen MR) is 37.3 cm³/mol. The maximum atomic E-state index is 10.4. The van der Waals surface area contributed by atoms with Crippen LogP contribution in [0.2, 0.25) is 0 Å². The fourth-order valence-corrected chi connectivity index (χ4v) is 0.297. The van der Waals surface area contributed by atoms with Gasteiger partial charge in [0, 0.05) is 6.08 Å². The monoisotopic (exact) mass is 142 g/mol. The number of carbonyl (C=O) groups excluding carboxylic acids is 1. The summed E-state index contributed by atoms with van der Waals surface area (Å²) in [6.45, 7) is 3.46. The van der Waals surface area contributed by atoms with E-state index >= 15 is 0 Å². The van der Waals surface area contributed by atoms with E-state index in [1.54, 1.807) is 0 Å². The zero-order valence-corrected chi connectivity index (χ0v) is 6.09. The van der Waals surface area contributed by atoms with Crippen molar-refractivity contribution in [2.75, 3.05) is 14.2 Å². The van der Waals surface area contributed by atoms with E-state index < -0.39 is 5.97 Å². The predicted octanol–water partition coefficient (Wildman–Crippen LogP) is 0.876. The van der Waals surface area contributed by atoms with Crippen molar-refractivity contribution >= 4 is 5.97 Å². The smallest absolute Gasteiger partial charge is 0.330 e. The van der Waals surface area contributed by atoms with Crippen LogP contribution in [0.3, 0.4) is 0 Å². The Morgan fingerprint density at radius 1 is 1.30 bits per heavy atom. The molecule has 0 aromatic rings. The van der Waals surface area contributed by atoms with Gasteiger partial charge in [0.15, 0.2) is 0 Å². The molecule has 0 N–H and O–H groups in total. The first kappa shape index (κ1) is 8.75. The van der Waals surface area contributed by atoms with Crippen LogP contribution in [0.1, 0.15) is 0 Å². The normalized spacial score (nSPS) is 9.40. The molecule has 0 amide bonds. The fraction of sp³-hybridized carbons (Fsp3) is 0.286. The Balaban J connectivity index is 3.75. The first-order valence-electron chi connectivity index (χ1n) is 2.69. The summed E-state index contributed by atoms with van der Waals surface area (Å²) in [4.78, 5) is 10.4. The lowest BCUT2D eigenvalue weighted by Gasteiger charge is -1.94. The van der Waals surface area contributed by atoms with Crippen LogP contribution in [0.4, 0.5) is 0 Å². The molecule has 0 radical (unpaired) electrons. The molecule has 0 rings (SSSR count). The van der Waals surface area contributed by atoms with Gasteiger partial charge in [-0.25, -0.2) is 4.79 Å². The Morgan fingerprint density at radius 3 is 2.30 bits per heavy atom. The van der Waals surface area contributed by atoms with Gasteiger partial charge in [0.05, 0.1) is 14.2 Å². The molecule has 0 saturated heterocycles. The van der Waals surface area contributed by atoms with Crippen molar-refractivity contribution in [1.29, 1.82) is 0 Å². The maximum Gasteiger partial charge on any atom is 0.330 e. The molecule has 10 heavy (non-hydrogen) atoms. The van der Waals surface area contributed by atoms with Gasteiger partial charge < -0.3 is 9.47 Å². The number of rotatable bonds is 3. The Kier molecular flexibility index (Phi) is 4.04. The van der Waals surface area contributed by atoms with Gasteiger partial charge >= 0.3 is 5.97 Å². The molecule has 56 valence electrons. The van der Waals surface area contributed by atoms with Gasteiger partial charge in [0.25, 0.3) is 0 Å². The average Bonchev–Trinajstić information content (AvgIpc) is 1.99. The van der Waals surface area contributed by atoms with Crippen LogP contribution in [-0.2, 0) is 14.3 Å². The summed E-state index contributed by atoms with van der Waals surface area (Å²) in [7, 11) is 2.78. The van der Waals surface area contributed by atoms with E-state index in [0.717, 1.165) is 0 Å². The van der Waals surface area contributed by atoms with E-state index in [-0.39, 0.29) is 0 Å². The minimum atomic E-state index is -0.418. The van der Waals surface area contributed by atoms with Crippen molar-refractivity contribution < 1.29 is 14.3 Å². The number of hydrogen-bond donors (Lipinski definition) is 0. The lowest BCUT2D eigenvalue weighted by atomic mass is 10.4. The number of carbonyl (C=O) groups is 1. The molecule has 0 saturated carbocycles. The second-order valence-corrected chi connectivity index (χ2v) is 1.53. The van der Waals surface area contributed by atoms with Gasteiger partial charge in [-0.2, -0.15) is 0 Å². The van der Waals surface area contributed by atoms with Crippen LogP contribution in [0.25, 0.3) is 0 Å². The van der Waals surface area contributed by atoms with Crippen LogP contribution in [0, 0.1) is 0 Å². The molecule has 0 fully saturated rings. The molecule has 3 nitrogen and oxygen atoms in total. The van der Waals surface area contributed by atoms with Crippen molar-refractivity contribution in [1.82, 2.24) is 0 Å². The summed E-state index contributed by atoms with van der Waals surface area (Å²) in [6, 6.07) is 0. The Hall–Kier alpha value is -1.25. The molecule has 0 heterocycles. The largest absolute Gasteiger partial charge is 0.497 e. The highest BCUT2D eigenvalue weighted by Crippen LogP contribution is 1.91. The third kappa shape index (κ3) is 3.72. The molecule has 0 bridgehead atoms. The number of esters is 1. The van der Waals surface area contributed by atoms with E-state index in [0.29, 0.717) is 5.76 Å². The molecule has 0 aromatic carbocycles. The second kappa shape index (κ2) is 4.61. The number of hydrogen-bond acceptors (Lipinski definition) is 3. The topological polar surface area (TPSA) is 35.5 Å². The van der Waals surface area contributed by atoms with E-state index in [9.17, 15) is 4.79 Å². The Morgan fingerprint density at radius 2 is 1.90 bits per heavy atom. The molecule has 3 heteroatoms. The molecule has 0 aliphatic carbocycles. The van der Waals surface area contributed by atoms with Crippen molar-refractivity contribution in [3.8, 4) is 0 Å². The quantitative estimate of drug-likeness (QED) is 0.254. The fourth-order valence-electron chi connectivity index (χ4n) is 0.297. The molecule has 0 aliphatic rings. The van der Waals surface area contributed by atoms with Crippen molar-refractivity contribution in [2.24, 2.45) is 0 Å². The van der Waals surface area contributed by atoms with Crippen molar-refractivity contribution in [3.63, 3.8) is 0 Å². The van der Waals surface area contributed by atoms with Gasteiger partial charge in [-0.1, -0.05) is 6.58 Å². The maximum absolute atomic E-state index is 10.4. The SMILES string of the molecule is C=C(/C=C/C(=O)OC)OC. The summed E-state index contributed by atoms with van der Waals surface area (Å²) < 4.78 is 8.98. The Bertz CT molecular complexity index is 140. The highest BCUT2D eigenvalue weighted by Gasteiger charge is 1.90. The zero-order chi connectivity index (χ0) is 7.98. The van der Waals surface area contributed by atoms with Gasteiger partial charge in [-0.3, -0.25) is 0 Å². The Labute approximate surface area is 59.9 Å². The van der Waals surface area contributed by atoms with E-state index in [2.05, 4.69) is 16.1 Å². The standard InChI is InChI=1S/C7H10O3/c1-6(9-2)4-5-7(8)10-3/h4-5H,1H2,2-3H3/b5-4+. The summed E-state index contributed by atoms with van der Waals surface area (Å²) >= 11 is 0. The van der Waals surface area contributed by atoms with Crippen LogP contribution < -0.4 is 0 Å². The molecular weight excluding hydrogens is 132 g/mol. The van der Waals surface area contributed by atoms with Gasteiger partial charge in [0.1, 0.15) is 5.76 Å². The van der Waals surface area contributed by atoms with Crippen LogP contribution in [0.15, 0.2) is 24.5 Å². The molecule has 0 aliphatic heterocycles. The van der Waals surface area contributed by atoms with Gasteiger partial charge in [-0.15, -0.1) is 0 Å². The average molecular weight is 142 g/mol. The van der Waals surface area contributed by atoms with Crippen molar-refractivity contribution in [2.45, 2.75) is 0 Å². The molecule has 0 spiro atoms. The highest BCUT2D eigenvalue weighted by molar-refractivity contribution is 5.82. The summed E-state index contributed by atoms with van der Waals surface area (Å²) in [5.74, 6) is 0.00333. The number of methoxy groups -OCH3 is 2. The third-order valence-electron chi connectivity index (χ3n) is 0.869. The molecular formula is C7H10O3. The van der Waals surface area contributed by atoms with E-state index in [1.165, 1.54) is 26.4 Å². The third-order valence-corrected chi connectivity index (χ3v) is 0.869. The summed E-state index contributed by atoms with van der Waals surface area (Å²) in [5.41, 5.74) is 0. The summed E-state index contributed by atoms with van der Waals surface area (Å²) in [5, 5.41) is 0. The lowest BCUT2D eigenvalue weighted by molar-refractivity contribution is -0.134. The first-order valence-corrected chi connectivity index (χ1v) is 2.69. The van der Waals surface area contributed by atoms with Gasteiger partial charge in [-0.05, 0) is 6.08 Å². The van der Waals surface area contributed by atoms with E-state index in [4.69, 9.17) is 0 Å².